The van der Waals surface area contributed by atoms with Gasteiger partial charge in [-0.3, -0.25) is 9.59 Å². The first-order valence-corrected chi connectivity index (χ1v) is 4.33. The van der Waals surface area contributed by atoms with Gasteiger partial charge < -0.3 is 11.1 Å². The summed E-state index contributed by atoms with van der Waals surface area (Å²) in [7, 11) is 0. The second kappa shape index (κ2) is 4.41. The molecule has 0 aliphatic carbocycles. The molecule has 0 atom stereocenters. The van der Waals surface area contributed by atoms with Crippen LogP contribution in [0.1, 0.15) is 23.7 Å². The Balaban J connectivity index is 2.83. The van der Waals surface area contributed by atoms with Crippen molar-refractivity contribution in [2.24, 2.45) is 5.73 Å². The largest absolute Gasteiger partial charge is 0.366 e. The molecule has 3 N–H and O–H groups in total. The van der Waals surface area contributed by atoms with Gasteiger partial charge >= 0.3 is 0 Å². The molecule has 0 saturated carbocycles. The number of primary amides is 1. The number of carbonyl (C=O) groups is 2. The topological polar surface area (TPSA) is 72.2 Å². The highest BCUT2D eigenvalue weighted by Gasteiger charge is 2.02. The molecule has 0 unspecified atom stereocenters. The van der Waals surface area contributed by atoms with Crippen LogP contribution < -0.4 is 11.1 Å². The van der Waals surface area contributed by atoms with Crippen LogP contribution in [0.3, 0.4) is 0 Å². The van der Waals surface area contributed by atoms with Gasteiger partial charge in [-0.25, -0.2) is 0 Å². The lowest BCUT2D eigenvalue weighted by molar-refractivity contribution is -0.115. The summed E-state index contributed by atoms with van der Waals surface area (Å²) in [5, 5.41) is 2.64. The van der Waals surface area contributed by atoms with Crippen molar-refractivity contribution in [1.82, 2.24) is 0 Å². The molecule has 1 rings (SSSR count). The molecule has 1 aromatic rings. The molecule has 0 aliphatic heterocycles. The van der Waals surface area contributed by atoms with Gasteiger partial charge in [0, 0.05) is 17.7 Å². The Kier molecular flexibility index (Phi) is 3.23. The maximum atomic E-state index is 11.0. The number of benzene rings is 1. The predicted octanol–water partition coefficient (Wildman–Crippen LogP) is 1.13. The van der Waals surface area contributed by atoms with Crippen molar-refractivity contribution in [2.75, 3.05) is 5.32 Å². The predicted molar refractivity (Wildman–Crippen MR) is 53.9 cm³/mol. The van der Waals surface area contributed by atoms with Gasteiger partial charge in [-0.05, 0) is 18.2 Å². The van der Waals surface area contributed by atoms with Gasteiger partial charge in [0.15, 0.2) is 0 Å². The van der Waals surface area contributed by atoms with Gasteiger partial charge in [0.25, 0.3) is 0 Å². The van der Waals surface area contributed by atoms with Crippen molar-refractivity contribution < 1.29 is 9.59 Å². The zero-order chi connectivity index (χ0) is 10.6. The van der Waals surface area contributed by atoms with Crippen LogP contribution in [0.4, 0.5) is 5.69 Å². The number of anilines is 1. The van der Waals surface area contributed by atoms with Crippen LogP contribution in [0.25, 0.3) is 0 Å². The first-order chi connectivity index (χ1) is 6.63. The Labute approximate surface area is 82.1 Å². The van der Waals surface area contributed by atoms with Crippen molar-refractivity contribution in [3.63, 3.8) is 0 Å². The van der Waals surface area contributed by atoms with Crippen LogP contribution in [0.5, 0.6) is 0 Å². The van der Waals surface area contributed by atoms with Crippen LogP contribution in [0, 0.1) is 0 Å². The highest BCUT2D eigenvalue weighted by atomic mass is 16.2. The van der Waals surface area contributed by atoms with Crippen molar-refractivity contribution >= 4 is 17.5 Å². The summed E-state index contributed by atoms with van der Waals surface area (Å²) >= 11 is 0. The first kappa shape index (κ1) is 10.2. The van der Waals surface area contributed by atoms with Gasteiger partial charge in [0.1, 0.15) is 0 Å². The molecule has 74 valence electrons. The van der Waals surface area contributed by atoms with E-state index in [9.17, 15) is 9.59 Å². The zero-order valence-corrected chi connectivity index (χ0v) is 7.91. The van der Waals surface area contributed by atoms with Crippen molar-refractivity contribution in [3.05, 3.63) is 29.8 Å². The van der Waals surface area contributed by atoms with Gasteiger partial charge in [0.2, 0.25) is 11.8 Å². The van der Waals surface area contributed by atoms with E-state index in [2.05, 4.69) is 5.32 Å². The number of amides is 2. The van der Waals surface area contributed by atoms with Crippen LogP contribution in [-0.2, 0) is 4.79 Å². The minimum absolute atomic E-state index is 0.0911. The molecule has 0 fully saturated rings. The highest BCUT2D eigenvalue weighted by molar-refractivity contribution is 5.96. The maximum Gasteiger partial charge on any atom is 0.248 e. The lowest BCUT2D eigenvalue weighted by Crippen LogP contribution is -2.13. The van der Waals surface area contributed by atoms with Gasteiger partial charge in [-0.2, -0.15) is 0 Å². The fourth-order valence-electron chi connectivity index (χ4n) is 1.000. The summed E-state index contributed by atoms with van der Waals surface area (Å²) in [4.78, 5) is 21.9. The second-order valence-corrected chi connectivity index (χ2v) is 2.85. The molecule has 1 aromatic carbocycles. The summed E-state index contributed by atoms with van der Waals surface area (Å²) in [5.74, 6) is -0.593. The Morgan fingerprint density at radius 3 is 2.71 bits per heavy atom. The zero-order valence-electron chi connectivity index (χ0n) is 7.91. The maximum absolute atomic E-state index is 11.0. The van der Waals surface area contributed by atoms with E-state index in [1.807, 2.05) is 0 Å². The molecule has 0 aliphatic rings. The molecular formula is C10H12N2O2. The molecule has 14 heavy (non-hydrogen) atoms. The molecular weight excluding hydrogens is 180 g/mol. The van der Waals surface area contributed by atoms with E-state index >= 15 is 0 Å². The third-order valence-corrected chi connectivity index (χ3v) is 1.75. The minimum Gasteiger partial charge on any atom is -0.366 e. The van der Waals surface area contributed by atoms with E-state index in [1.54, 1.807) is 31.2 Å². The summed E-state index contributed by atoms with van der Waals surface area (Å²) < 4.78 is 0. The van der Waals surface area contributed by atoms with Crippen molar-refractivity contribution in [3.8, 4) is 0 Å². The van der Waals surface area contributed by atoms with E-state index in [0.717, 1.165) is 0 Å². The van der Waals surface area contributed by atoms with Gasteiger partial charge in [0.05, 0.1) is 0 Å². The monoisotopic (exact) mass is 192 g/mol. The van der Waals surface area contributed by atoms with E-state index in [4.69, 9.17) is 5.73 Å². The number of carbonyl (C=O) groups excluding carboxylic acids is 2. The average Bonchev–Trinajstić information content (AvgIpc) is 2.18. The van der Waals surface area contributed by atoms with Crippen molar-refractivity contribution in [2.45, 2.75) is 13.3 Å². The fourth-order valence-corrected chi connectivity index (χ4v) is 1.000. The normalized spacial score (nSPS) is 9.50. The Hall–Kier alpha value is -1.84. The standard InChI is InChI=1S/C10H12N2O2/c1-2-9(13)12-8-5-3-4-7(6-8)10(11)14/h3-6H,2H2,1H3,(H2,11,14)(H,12,13). The molecule has 0 spiro atoms. The van der Waals surface area contributed by atoms with Crippen LogP contribution in [0.15, 0.2) is 24.3 Å². The molecule has 0 bridgehead atoms. The van der Waals surface area contributed by atoms with E-state index in [-0.39, 0.29) is 5.91 Å². The molecule has 0 radical (unpaired) electrons. The first-order valence-electron chi connectivity index (χ1n) is 4.33. The Bertz CT molecular complexity index is 361. The van der Waals surface area contributed by atoms with Crippen LogP contribution in [-0.4, -0.2) is 11.8 Å². The lowest BCUT2D eigenvalue weighted by Gasteiger charge is -2.03. The smallest absolute Gasteiger partial charge is 0.248 e. The number of rotatable bonds is 3. The highest BCUT2D eigenvalue weighted by Crippen LogP contribution is 2.10. The van der Waals surface area contributed by atoms with E-state index < -0.39 is 5.91 Å². The third kappa shape index (κ3) is 2.58. The third-order valence-electron chi connectivity index (χ3n) is 1.75. The molecule has 4 nitrogen and oxygen atoms in total. The van der Waals surface area contributed by atoms with E-state index in [1.165, 1.54) is 0 Å². The number of hydrogen-bond donors (Lipinski definition) is 2. The summed E-state index contributed by atoms with van der Waals surface area (Å²) in [6.07, 6.45) is 0.404. The summed E-state index contributed by atoms with van der Waals surface area (Å²) in [6, 6.07) is 6.53. The number of hydrogen-bond acceptors (Lipinski definition) is 2. The molecule has 0 aromatic heterocycles. The average molecular weight is 192 g/mol. The lowest BCUT2D eigenvalue weighted by atomic mass is 10.2. The fraction of sp³-hybridized carbons (Fsp3) is 0.200. The summed E-state index contributed by atoms with van der Waals surface area (Å²) in [6.45, 7) is 1.76. The Morgan fingerprint density at radius 1 is 1.43 bits per heavy atom. The molecule has 0 heterocycles. The molecule has 4 heteroatoms. The summed E-state index contributed by atoms with van der Waals surface area (Å²) in [5.41, 5.74) is 6.07. The van der Waals surface area contributed by atoms with Crippen molar-refractivity contribution in [1.29, 1.82) is 0 Å². The molecule has 2 amide bonds. The van der Waals surface area contributed by atoms with Crippen LogP contribution in [0.2, 0.25) is 0 Å². The van der Waals surface area contributed by atoms with Gasteiger partial charge in [-0.15, -0.1) is 0 Å². The SMILES string of the molecule is CCC(=O)Nc1cccc(C(N)=O)c1. The Morgan fingerprint density at radius 2 is 2.14 bits per heavy atom. The van der Waals surface area contributed by atoms with Gasteiger partial charge in [-0.1, -0.05) is 13.0 Å². The number of nitrogens with one attached hydrogen (secondary N) is 1. The number of nitrogens with two attached hydrogens (primary N) is 1. The quantitative estimate of drug-likeness (QED) is 0.753. The molecule has 0 saturated heterocycles. The minimum atomic E-state index is -0.502. The van der Waals surface area contributed by atoms with Crippen LogP contribution >= 0.6 is 0 Å². The van der Waals surface area contributed by atoms with E-state index in [0.29, 0.717) is 17.7 Å². The second-order valence-electron chi connectivity index (χ2n) is 2.85.